The Balaban J connectivity index is 1.37. The molecule has 5 rings (SSSR count). The maximum atomic E-state index is 14.2. The Bertz CT molecular complexity index is 1460. The van der Waals surface area contributed by atoms with Crippen molar-refractivity contribution >= 4 is 23.6 Å². The molecule has 0 unspecified atom stereocenters. The van der Waals surface area contributed by atoms with E-state index in [4.69, 9.17) is 19.2 Å². The van der Waals surface area contributed by atoms with Crippen molar-refractivity contribution < 1.29 is 33.0 Å². The van der Waals surface area contributed by atoms with E-state index in [0.717, 1.165) is 22.5 Å². The maximum absolute atomic E-state index is 14.2. The highest BCUT2D eigenvalue weighted by molar-refractivity contribution is 5.97. The van der Waals surface area contributed by atoms with Crippen molar-refractivity contribution in [2.24, 2.45) is 0 Å². The van der Waals surface area contributed by atoms with Gasteiger partial charge in [-0.3, -0.25) is 19.5 Å². The lowest BCUT2D eigenvalue weighted by atomic mass is 9.91. The van der Waals surface area contributed by atoms with Crippen molar-refractivity contribution in [1.82, 2.24) is 19.7 Å². The molecular weight excluding hydrogens is 605 g/mol. The molecule has 3 atom stereocenters. The number of anilines is 1. The minimum absolute atomic E-state index is 0.0429. The first-order valence-electron chi connectivity index (χ1n) is 16.3. The fourth-order valence-electron chi connectivity index (χ4n) is 6.64. The molecule has 1 aromatic carbocycles. The lowest BCUT2D eigenvalue weighted by Crippen LogP contribution is -2.64. The van der Waals surface area contributed by atoms with Crippen LogP contribution in [0.1, 0.15) is 58.4 Å². The van der Waals surface area contributed by atoms with Gasteiger partial charge in [-0.15, -0.1) is 0 Å². The van der Waals surface area contributed by atoms with Crippen LogP contribution >= 0.6 is 0 Å². The summed E-state index contributed by atoms with van der Waals surface area (Å²) in [4.78, 5) is 52.6. The van der Waals surface area contributed by atoms with Gasteiger partial charge in [-0.25, -0.2) is 9.18 Å². The molecule has 4 heterocycles. The van der Waals surface area contributed by atoms with Gasteiger partial charge >= 0.3 is 6.09 Å². The molecule has 0 saturated carbocycles. The van der Waals surface area contributed by atoms with E-state index < -0.39 is 11.7 Å². The lowest BCUT2D eigenvalue weighted by molar-refractivity contribution is -0.153. The second-order valence-corrected chi connectivity index (χ2v) is 14.6. The summed E-state index contributed by atoms with van der Waals surface area (Å²) >= 11 is 0. The summed E-state index contributed by atoms with van der Waals surface area (Å²) in [6.07, 6.45) is 1.73. The van der Waals surface area contributed by atoms with Crippen LogP contribution in [-0.4, -0.2) is 121 Å². The smallest absolute Gasteiger partial charge is 0.410 e. The van der Waals surface area contributed by atoms with Gasteiger partial charge in [-0.2, -0.15) is 0 Å². The normalized spacial score (nSPS) is 23.2. The van der Waals surface area contributed by atoms with Crippen molar-refractivity contribution in [3.63, 3.8) is 0 Å². The summed E-state index contributed by atoms with van der Waals surface area (Å²) in [6, 6.07) is 7.87. The van der Waals surface area contributed by atoms with Crippen molar-refractivity contribution in [2.45, 2.75) is 77.2 Å². The van der Waals surface area contributed by atoms with E-state index in [9.17, 15) is 18.8 Å². The molecule has 11 nitrogen and oxygen atoms in total. The average molecular weight is 654 g/mol. The Hall–Kier alpha value is -3.61. The number of hydrogen-bond acceptors (Lipinski definition) is 8. The quantitative estimate of drug-likeness (QED) is 0.426. The van der Waals surface area contributed by atoms with E-state index in [1.165, 1.54) is 12.1 Å². The van der Waals surface area contributed by atoms with Gasteiger partial charge in [0, 0.05) is 63.5 Å². The van der Waals surface area contributed by atoms with Crippen LogP contribution in [0.15, 0.2) is 36.5 Å². The van der Waals surface area contributed by atoms with Crippen molar-refractivity contribution in [3.8, 4) is 0 Å². The molecule has 47 heavy (non-hydrogen) atoms. The summed E-state index contributed by atoms with van der Waals surface area (Å²) in [7, 11) is 1.60. The number of halogens is 1. The molecule has 3 aliphatic rings. The van der Waals surface area contributed by atoms with Gasteiger partial charge in [0.25, 0.3) is 0 Å². The van der Waals surface area contributed by atoms with Crippen LogP contribution in [0.2, 0.25) is 0 Å². The zero-order chi connectivity index (χ0) is 34.1. The van der Waals surface area contributed by atoms with Crippen molar-refractivity contribution in [1.29, 1.82) is 0 Å². The van der Waals surface area contributed by atoms with Crippen LogP contribution in [0.4, 0.5) is 14.9 Å². The molecule has 2 fully saturated rings. The first-order valence-corrected chi connectivity index (χ1v) is 16.3. The predicted molar refractivity (Wildman–Crippen MR) is 175 cm³/mol. The van der Waals surface area contributed by atoms with Gasteiger partial charge in [0.2, 0.25) is 11.8 Å². The number of methoxy groups -OCH3 is 1. The molecule has 3 amide bonds. The van der Waals surface area contributed by atoms with E-state index >= 15 is 0 Å². The molecule has 2 saturated heterocycles. The monoisotopic (exact) mass is 653 g/mol. The Kier molecular flexibility index (Phi) is 10.2. The van der Waals surface area contributed by atoms with Crippen LogP contribution < -0.4 is 4.90 Å². The number of carbonyl (C=O) groups is 3. The van der Waals surface area contributed by atoms with Gasteiger partial charge in [-0.05, 0) is 63.4 Å². The van der Waals surface area contributed by atoms with E-state index in [1.54, 1.807) is 29.0 Å². The largest absolute Gasteiger partial charge is 0.444 e. The Labute approximate surface area is 276 Å². The summed E-state index contributed by atoms with van der Waals surface area (Å²) in [5.41, 5.74) is 2.51. The highest BCUT2D eigenvalue weighted by Gasteiger charge is 2.43. The molecule has 0 N–H and O–H groups in total. The molecular formula is C35H48FN5O6. The average Bonchev–Trinajstić information content (AvgIpc) is 3.26. The Morgan fingerprint density at radius 3 is 2.51 bits per heavy atom. The number of pyridine rings is 1. The van der Waals surface area contributed by atoms with Gasteiger partial charge < -0.3 is 28.9 Å². The summed E-state index contributed by atoms with van der Waals surface area (Å²) in [5.74, 6) is -0.501. The molecule has 0 bridgehead atoms. The van der Waals surface area contributed by atoms with E-state index in [2.05, 4.69) is 18.7 Å². The molecule has 2 aromatic rings. The number of ether oxygens (including phenoxy) is 3. The van der Waals surface area contributed by atoms with Crippen LogP contribution in [0.25, 0.3) is 0 Å². The third-order valence-electron chi connectivity index (χ3n) is 8.96. The number of morpholine rings is 1. The number of fused-ring (bicyclic) bond motifs is 1. The number of nitrogens with zero attached hydrogens (tertiary/aromatic N) is 5. The van der Waals surface area contributed by atoms with Crippen LogP contribution in [0, 0.1) is 5.82 Å². The Morgan fingerprint density at radius 1 is 1.11 bits per heavy atom. The van der Waals surface area contributed by atoms with Crippen LogP contribution in [0.3, 0.4) is 0 Å². The molecule has 12 heteroatoms. The maximum Gasteiger partial charge on any atom is 0.410 e. The summed E-state index contributed by atoms with van der Waals surface area (Å²) < 4.78 is 30.1. The number of hydrogen-bond donors (Lipinski definition) is 0. The topological polar surface area (TPSA) is 105 Å². The third-order valence-corrected chi connectivity index (χ3v) is 8.96. The van der Waals surface area contributed by atoms with E-state index in [0.29, 0.717) is 45.8 Å². The molecule has 0 aliphatic carbocycles. The van der Waals surface area contributed by atoms with Crippen molar-refractivity contribution in [3.05, 3.63) is 59.2 Å². The minimum Gasteiger partial charge on any atom is -0.444 e. The number of carbonyl (C=O) groups excluding carboxylic acids is 3. The zero-order valence-electron chi connectivity index (χ0n) is 28.6. The second-order valence-electron chi connectivity index (χ2n) is 14.6. The fraction of sp³-hybridized carbons (Fsp3) is 0.600. The molecule has 0 spiro atoms. The molecule has 1 aromatic heterocycles. The number of amides is 3. The SMILES string of the molecule is COC[C@@H]1CN(C[C@H]2CN(C(=O)OC(C)(C)C)[C@H](C)CN2CC(=O)N2CC(C)(C)c3ncc(Cc4ccc(F)cc4)cc32)C(=O)CO1. The fourth-order valence-corrected chi connectivity index (χ4v) is 6.64. The molecule has 0 radical (unpaired) electrons. The van der Waals surface area contributed by atoms with Gasteiger partial charge in [-0.1, -0.05) is 26.0 Å². The van der Waals surface area contributed by atoms with Gasteiger partial charge in [0.15, 0.2) is 0 Å². The van der Waals surface area contributed by atoms with E-state index in [-0.39, 0.29) is 54.4 Å². The Morgan fingerprint density at radius 2 is 1.83 bits per heavy atom. The number of piperazine rings is 1. The zero-order valence-corrected chi connectivity index (χ0v) is 28.6. The van der Waals surface area contributed by atoms with Crippen molar-refractivity contribution in [2.75, 3.05) is 64.5 Å². The van der Waals surface area contributed by atoms with Crippen LogP contribution in [0.5, 0.6) is 0 Å². The van der Waals surface area contributed by atoms with Gasteiger partial charge in [0.05, 0.1) is 30.6 Å². The summed E-state index contributed by atoms with van der Waals surface area (Å²) in [6.45, 7) is 13.9. The van der Waals surface area contributed by atoms with Crippen LogP contribution in [-0.2, 0) is 35.6 Å². The standard InChI is InChI=1S/C35H48FN5O6/c1-23-15-38(27(17-40(23)33(44)47-34(2,3)4)16-39-18-28(20-45-7)46-21-31(39)43)19-30(42)41-22-35(5,6)32-29(41)13-25(14-37-32)12-24-8-10-26(36)11-9-24/h8-11,13-14,23,27-28H,12,15-22H2,1-7H3/t23-,27+,28+/m1/s1. The first kappa shape index (κ1) is 34.7. The third kappa shape index (κ3) is 8.28. The number of benzene rings is 1. The minimum atomic E-state index is -0.660. The lowest BCUT2D eigenvalue weighted by Gasteiger charge is -2.47. The predicted octanol–water partition coefficient (Wildman–Crippen LogP) is 3.62. The second kappa shape index (κ2) is 13.9. The van der Waals surface area contributed by atoms with E-state index in [1.807, 2.05) is 44.9 Å². The van der Waals surface area contributed by atoms with Gasteiger partial charge in [0.1, 0.15) is 18.0 Å². The summed E-state index contributed by atoms with van der Waals surface area (Å²) in [5, 5.41) is 0. The molecule has 256 valence electrons. The number of rotatable bonds is 8. The first-order chi connectivity index (χ1) is 22.1. The highest BCUT2D eigenvalue weighted by atomic mass is 19.1. The highest BCUT2D eigenvalue weighted by Crippen LogP contribution is 2.40. The molecule has 3 aliphatic heterocycles. The number of aromatic nitrogens is 1.